The number of hydrogen-bond acceptors (Lipinski definition) is 3. The number of nitrogens with zero attached hydrogens (tertiary/aromatic N) is 1. The average molecular weight is 177 g/mol. The maximum atomic E-state index is 11.2. The van der Waals surface area contributed by atoms with Crippen LogP contribution in [0.3, 0.4) is 0 Å². The van der Waals surface area contributed by atoms with Gasteiger partial charge < -0.3 is 0 Å². The van der Waals surface area contributed by atoms with Crippen molar-refractivity contribution in [2.24, 2.45) is 5.92 Å². The molecule has 0 bridgehead atoms. The van der Waals surface area contributed by atoms with Crippen molar-refractivity contribution in [3.63, 3.8) is 0 Å². The SMILES string of the molecule is CN(C)C(C1CC1)S(C)(=O)=O. The van der Waals surface area contributed by atoms with E-state index >= 15 is 0 Å². The fourth-order valence-electron chi connectivity index (χ4n) is 1.54. The zero-order valence-corrected chi connectivity index (χ0v) is 8.06. The lowest BCUT2D eigenvalue weighted by Gasteiger charge is -2.21. The molecule has 0 heterocycles. The minimum absolute atomic E-state index is 0.248. The summed E-state index contributed by atoms with van der Waals surface area (Å²) in [6, 6.07) is 0. The Morgan fingerprint density at radius 1 is 1.36 bits per heavy atom. The molecule has 1 saturated carbocycles. The van der Waals surface area contributed by atoms with Gasteiger partial charge in [0.05, 0.1) is 0 Å². The van der Waals surface area contributed by atoms with Gasteiger partial charge in [0.1, 0.15) is 5.37 Å². The molecule has 0 aromatic rings. The van der Waals surface area contributed by atoms with E-state index in [1.165, 1.54) is 6.26 Å². The summed E-state index contributed by atoms with van der Waals surface area (Å²) in [5.74, 6) is 0.389. The molecule has 0 spiro atoms. The summed E-state index contributed by atoms with van der Waals surface area (Å²) >= 11 is 0. The van der Waals surface area contributed by atoms with Crippen LogP contribution in [0.25, 0.3) is 0 Å². The standard InChI is InChI=1S/C7H15NO2S/c1-8(2)7(6-4-5-6)11(3,9)10/h6-7H,4-5H2,1-3H3. The number of hydrogen-bond donors (Lipinski definition) is 0. The molecule has 1 fully saturated rings. The van der Waals surface area contributed by atoms with E-state index in [2.05, 4.69) is 0 Å². The van der Waals surface area contributed by atoms with E-state index in [0.717, 1.165) is 12.8 Å². The molecular weight excluding hydrogens is 162 g/mol. The predicted octanol–water partition coefficient (Wildman–Crippen LogP) is 0.329. The minimum atomic E-state index is -2.87. The Bertz CT molecular complexity index is 227. The van der Waals surface area contributed by atoms with E-state index in [9.17, 15) is 8.42 Å². The highest BCUT2D eigenvalue weighted by Gasteiger charge is 2.38. The largest absolute Gasteiger partial charge is 0.293 e. The molecule has 1 atom stereocenters. The summed E-state index contributed by atoms with van der Waals surface area (Å²) < 4.78 is 22.4. The molecule has 4 heteroatoms. The Balaban J connectivity index is 2.75. The van der Waals surface area contributed by atoms with E-state index in [1.54, 1.807) is 4.90 Å². The highest BCUT2D eigenvalue weighted by Crippen LogP contribution is 2.36. The fourth-order valence-corrected chi connectivity index (χ4v) is 3.27. The van der Waals surface area contributed by atoms with E-state index in [-0.39, 0.29) is 5.37 Å². The van der Waals surface area contributed by atoms with Crippen LogP contribution in [0.4, 0.5) is 0 Å². The van der Waals surface area contributed by atoms with Crippen molar-refractivity contribution in [3.8, 4) is 0 Å². The van der Waals surface area contributed by atoms with Crippen molar-refractivity contribution in [3.05, 3.63) is 0 Å². The van der Waals surface area contributed by atoms with Crippen molar-refractivity contribution >= 4 is 9.84 Å². The first kappa shape index (κ1) is 9.00. The van der Waals surface area contributed by atoms with Crippen molar-refractivity contribution in [2.75, 3.05) is 20.4 Å². The van der Waals surface area contributed by atoms with Crippen molar-refractivity contribution in [1.29, 1.82) is 0 Å². The van der Waals surface area contributed by atoms with Crippen LogP contribution >= 0.6 is 0 Å². The molecule has 0 aromatic heterocycles. The van der Waals surface area contributed by atoms with Gasteiger partial charge in [-0.05, 0) is 32.9 Å². The summed E-state index contributed by atoms with van der Waals surface area (Å²) in [5, 5.41) is -0.248. The quantitative estimate of drug-likeness (QED) is 0.623. The molecular formula is C7H15NO2S. The van der Waals surface area contributed by atoms with Crippen molar-refractivity contribution < 1.29 is 8.42 Å². The highest BCUT2D eigenvalue weighted by atomic mass is 32.2. The zero-order valence-electron chi connectivity index (χ0n) is 7.24. The van der Waals surface area contributed by atoms with E-state index in [1.807, 2.05) is 14.1 Å². The molecule has 1 rings (SSSR count). The molecule has 1 aliphatic carbocycles. The third-order valence-corrected chi connectivity index (χ3v) is 3.66. The van der Waals surface area contributed by atoms with Crippen LogP contribution in [0.5, 0.6) is 0 Å². The van der Waals surface area contributed by atoms with Crippen LogP contribution in [0.15, 0.2) is 0 Å². The first-order valence-corrected chi connectivity index (χ1v) is 5.73. The van der Waals surface area contributed by atoms with Crippen LogP contribution in [-0.2, 0) is 9.84 Å². The summed E-state index contributed by atoms with van der Waals surface area (Å²) in [7, 11) is 0.772. The number of rotatable bonds is 3. The molecule has 0 amide bonds. The molecule has 0 aromatic carbocycles. The smallest absolute Gasteiger partial charge is 0.163 e. The van der Waals surface area contributed by atoms with E-state index in [0.29, 0.717) is 5.92 Å². The van der Waals surface area contributed by atoms with E-state index in [4.69, 9.17) is 0 Å². The fraction of sp³-hybridized carbons (Fsp3) is 1.00. The first-order valence-electron chi connectivity index (χ1n) is 3.78. The molecule has 1 unspecified atom stereocenters. The molecule has 66 valence electrons. The second-order valence-corrected chi connectivity index (χ2v) is 5.66. The van der Waals surface area contributed by atoms with Gasteiger partial charge in [-0.1, -0.05) is 0 Å². The monoisotopic (exact) mass is 177 g/mol. The maximum Gasteiger partial charge on any atom is 0.163 e. The zero-order chi connectivity index (χ0) is 8.65. The Morgan fingerprint density at radius 3 is 1.91 bits per heavy atom. The molecule has 0 radical (unpaired) electrons. The van der Waals surface area contributed by atoms with E-state index < -0.39 is 9.84 Å². The molecule has 11 heavy (non-hydrogen) atoms. The van der Waals surface area contributed by atoms with Gasteiger partial charge in [0.25, 0.3) is 0 Å². The first-order chi connectivity index (χ1) is 4.93. The Kier molecular flexibility index (Phi) is 2.25. The van der Waals surface area contributed by atoms with Gasteiger partial charge in [0.2, 0.25) is 0 Å². The summed E-state index contributed by atoms with van der Waals surface area (Å²) in [5.41, 5.74) is 0. The third-order valence-electron chi connectivity index (χ3n) is 1.97. The average Bonchev–Trinajstić information content (AvgIpc) is 2.42. The Morgan fingerprint density at radius 2 is 1.82 bits per heavy atom. The van der Waals surface area contributed by atoms with Gasteiger partial charge in [-0.25, -0.2) is 8.42 Å². The molecule has 0 saturated heterocycles. The summed E-state index contributed by atoms with van der Waals surface area (Å²) in [6.45, 7) is 0. The van der Waals surface area contributed by atoms with Crippen LogP contribution < -0.4 is 0 Å². The van der Waals surface area contributed by atoms with Gasteiger partial charge in [-0.3, -0.25) is 4.90 Å². The van der Waals surface area contributed by atoms with Crippen LogP contribution in [0.1, 0.15) is 12.8 Å². The van der Waals surface area contributed by atoms with Gasteiger partial charge in [0, 0.05) is 6.26 Å². The lowest BCUT2D eigenvalue weighted by atomic mass is 10.4. The maximum absolute atomic E-state index is 11.2. The lowest BCUT2D eigenvalue weighted by Crippen LogP contribution is -2.36. The molecule has 1 aliphatic rings. The predicted molar refractivity (Wildman–Crippen MR) is 45.0 cm³/mol. The third kappa shape index (κ3) is 2.17. The normalized spacial score (nSPS) is 22.2. The van der Waals surface area contributed by atoms with Crippen LogP contribution in [0, 0.1) is 5.92 Å². The molecule has 0 N–H and O–H groups in total. The van der Waals surface area contributed by atoms with Crippen molar-refractivity contribution in [2.45, 2.75) is 18.2 Å². The minimum Gasteiger partial charge on any atom is -0.293 e. The second-order valence-electron chi connectivity index (χ2n) is 3.52. The lowest BCUT2D eigenvalue weighted by molar-refractivity contribution is 0.338. The van der Waals surface area contributed by atoms with Crippen molar-refractivity contribution in [1.82, 2.24) is 4.90 Å². The molecule has 0 aliphatic heterocycles. The van der Waals surface area contributed by atoms with Crippen LogP contribution in [0.2, 0.25) is 0 Å². The van der Waals surface area contributed by atoms with Gasteiger partial charge >= 0.3 is 0 Å². The van der Waals surface area contributed by atoms with Crippen LogP contribution in [-0.4, -0.2) is 39.0 Å². The van der Waals surface area contributed by atoms with Gasteiger partial charge in [0.15, 0.2) is 9.84 Å². The summed E-state index contributed by atoms with van der Waals surface area (Å²) in [4.78, 5) is 1.80. The van der Waals surface area contributed by atoms with Gasteiger partial charge in [-0.2, -0.15) is 0 Å². The second kappa shape index (κ2) is 2.75. The summed E-state index contributed by atoms with van der Waals surface area (Å²) in [6.07, 6.45) is 3.45. The topological polar surface area (TPSA) is 37.4 Å². The van der Waals surface area contributed by atoms with Gasteiger partial charge in [-0.15, -0.1) is 0 Å². The Hall–Kier alpha value is -0.0900. The Labute approximate surface area is 68.3 Å². The highest BCUT2D eigenvalue weighted by molar-refractivity contribution is 7.91. The number of sulfone groups is 1. The molecule has 3 nitrogen and oxygen atoms in total.